The van der Waals surface area contributed by atoms with Gasteiger partial charge in [-0.2, -0.15) is 0 Å². The van der Waals surface area contributed by atoms with E-state index in [9.17, 15) is 4.79 Å². The van der Waals surface area contributed by atoms with Crippen LogP contribution in [0, 0.1) is 6.92 Å². The summed E-state index contributed by atoms with van der Waals surface area (Å²) in [5.41, 5.74) is 4.35. The molecule has 1 aromatic heterocycles. The minimum Gasteiger partial charge on any atom is -0.322 e. The van der Waals surface area contributed by atoms with E-state index in [1.165, 1.54) is 17.8 Å². The lowest BCUT2D eigenvalue weighted by atomic mass is 10.1. The molecule has 1 N–H and O–H groups in total. The highest BCUT2D eigenvalue weighted by molar-refractivity contribution is 7.10. The summed E-state index contributed by atoms with van der Waals surface area (Å²) in [6.07, 6.45) is 2.52. The van der Waals surface area contributed by atoms with E-state index in [1.807, 2.05) is 43.3 Å². The van der Waals surface area contributed by atoms with Crippen LogP contribution in [0.5, 0.6) is 0 Å². The van der Waals surface area contributed by atoms with Crippen molar-refractivity contribution in [2.24, 2.45) is 0 Å². The normalized spacial score (nSPS) is 13.7. The fourth-order valence-electron chi connectivity index (χ4n) is 2.65. The Morgan fingerprint density at radius 3 is 2.68 bits per heavy atom. The summed E-state index contributed by atoms with van der Waals surface area (Å²) in [5, 5.41) is 6.85. The Morgan fingerprint density at radius 2 is 1.96 bits per heavy atom. The zero-order valence-electron chi connectivity index (χ0n) is 13.8. The zero-order valence-corrected chi connectivity index (χ0v) is 15.3. The fraction of sp³-hybridized carbons (Fsp3) is 0.200. The smallest absolute Gasteiger partial charge is 0.255 e. The minimum atomic E-state index is -0.145. The molecule has 5 heteroatoms. The van der Waals surface area contributed by atoms with E-state index in [0.717, 1.165) is 22.5 Å². The number of anilines is 1. The van der Waals surface area contributed by atoms with Gasteiger partial charge in [-0.3, -0.25) is 4.79 Å². The minimum absolute atomic E-state index is 0.145. The highest BCUT2D eigenvalue weighted by Crippen LogP contribution is 2.42. The average molecular weight is 369 g/mol. The molecule has 0 spiro atoms. The van der Waals surface area contributed by atoms with Crippen LogP contribution in [0.25, 0.3) is 11.3 Å². The summed E-state index contributed by atoms with van der Waals surface area (Å²) in [7, 11) is 0. The van der Waals surface area contributed by atoms with Gasteiger partial charge in [0.05, 0.1) is 10.7 Å². The van der Waals surface area contributed by atoms with Gasteiger partial charge in [0.15, 0.2) is 0 Å². The number of aromatic nitrogens is 1. The van der Waals surface area contributed by atoms with Crippen LogP contribution in [0.4, 0.5) is 5.69 Å². The SMILES string of the molecule is Cc1ccc(Cl)cc1NC(=O)c1ccc(-c2csc(C3CC3)n2)cc1. The van der Waals surface area contributed by atoms with E-state index in [0.29, 0.717) is 16.5 Å². The molecule has 1 saturated carbocycles. The largest absolute Gasteiger partial charge is 0.322 e. The third-order valence-electron chi connectivity index (χ3n) is 4.34. The van der Waals surface area contributed by atoms with E-state index >= 15 is 0 Å². The third kappa shape index (κ3) is 3.60. The molecule has 2 aromatic carbocycles. The fourth-order valence-corrected chi connectivity index (χ4v) is 3.83. The second-order valence-corrected chi connectivity index (χ2v) is 7.66. The van der Waals surface area contributed by atoms with Gasteiger partial charge in [-0.1, -0.05) is 29.8 Å². The standard InChI is InChI=1S/C20H17ClN2OS/c1-12-2-9-16(21)10-17(12)22-19(24)14-5-3-13(4-6-14)18-11-25-20(23-18)15-7-8-15/h2-6,9-11,15H,7-8H2,1H3,(H,22,24). The number of rotatable bonds is 4. The first-order valence-corrected chi connectivity index (χ1v) is 9.49. The summed E-state index contributed by atoms with van der Waals surface area (Å²) in [6, 6.07) is 13.0. The maximum absolute atomic E-state index is 12.5. The molecular formula is C20H17ClN2OS. The monoisotopic (exact) mass is 368 g/mol. The molecule has 25 heavy (non-hydrogen) atoms. The summed E-state index contributed by atoms with van der Waals surface area (Å²) < 4.78 is 0. The van der Waals surface area contributed by atoms with Gasteiger partial charge in [0.25, 0.3) is 5.91 Å². The van der Waals surface area contributed by atoms with Crippen molar-refractivity contribution >= 4 is 34.5 Å². The van der Waals surface area contributed by atoms with E-state index in [1.54, 1.807) is 17.4 Å². The Labute approximate surface area is 155 Å². The summed E-state index contributed by atoms with van der Waals surface area (Å²) in [4.78, 5) is 17.2. The van der Waals surface area contributed by atoms with Crippen molar-refractivity contribution in [1.82, 2.24) is 4.98 Å². The van der Waals surface area contributed by atoms with Gasteiger partial charge in [-0.25, -0.2) is 4.98 Å². The second kappa shape index (κ2) is 6.62. The molecule has 126 valence electrons. The predicted molar refractivity (Wildman–Crippen MR) is 104 cm³/mol. The van der Waals surface area contributed by atoms with Gasteiger partial charge < -0.3 is 5.32 Å². The molecule has 4 rings (SSSR count). The van der Waals surface area contributed by atoms with Crippen LogP contribution in [0.2, 0.25) is 5.02 Å². The van der Waals surface area contributed by atoms with Crippen LogP contribution in [-0.4, -0.2) is 10.9 Å². The number of halogens is 1. The van der Waals surface area contributed by atoms with Gasteiger partial charge in [0.2, 0.25) is 0 Å². The van der Waals surface area contributed by atoms with E-state index in [2.05, 4.69) is 10.7 Å². The molecule has 1 heterocycles. The van der Waals surface area contributed by atoms with Crippen LogP contribution in [0.3, 0.4) is 0 Å². The Balaban J connectivity index is 1.50. The topological polar surface area (TPSA) is 42.0 Å². The highest BCUT2D eigenvalue weighted by atomic mass is 35.5. The molecular weight excluding hydrogens is 352 g/mol. The number of nitrogens with zero attached hydrogens (tertiary/aromatic N) is 1. The zero-order chi connectivity index (χ0) is 17.4. The molecule has 0 atom stereocenters. The van der Waals surface area contributed by atoms with Gasteiger partial charge in [-0.05, 0) is 49.6 Å². The van der Waals surface area contributed by atoms with Crippen LogP contribution in [0.1, 0.15) is 39.7 Å². The number of aryl methyl sites for hydroxylation is 1. The molecule has 1 aliphatic rings. The van der Waals surface area contributed by atoms with Crippen molar-refractivity contribution in [2.75, 3.05) is 5.32 Å². The average Bonchev–Trinajstić information content (AvgIpc) is 3.35. The first-order valence-electron chi connectivity index (χ1n) is 8.23. The number of hydrogen-bond donors (Lipinski definition) is 1. The first kappa shape index (κ1) is 16.3. The Kier molecular flexibility index (Phi) is 4.32. The van der Waals surface area contributed by atoms with Crippen LogP contribution >= 0.6 is 22.9 Å². The van der Waals surface area contributed by atoms with E-state index in [-0.39, 0.29) is 5.91 Å². The molecule has 0 bridgehead atoms. The van der Waals surface area contributed by atoms with Crippen molar-refractivity contribution in [2.45, 2.75) is 25.7 Å². The highest BCUT2D eigenvalue weighted by Gasteiger charge is 2.26. The summed E-state index contributed by atoms with van der Waals surface area (Å²) in [6.45, 7) is 1.94. The van der Waals surface area contributed by atoms with Gasteiger partial charge >= 0.3 is 0 Å². The van der Waals surface area contributed by atoms with Crippen molar-refractivity contribution in [3.63, 3.8) is 0 Å². The van der Waals surface area contributed by atoms with Crippen LogP contribution in [0.15, 0.2) is 47.8 Å². The Bertz CT molecular complexity index is 929. The molecule has 0 saturated heterocycles. The number of amides is 1. The van der Waals surface area contributed by atoms with Crippen molar-refractivity contribution < 1.29 is 4.79 Å². The van der Waals surface area contributed by atoms with Crippen LogP contribution in [-0.2, 0) is 0 Å². The number of carbonyl (C=O) groups excluding carboxylic acids is 1. The van der Waals surface area contributed by atoms with E-state index in [4.69, 9.17) is 16.6 Å². The first-order chi connectivity index (χ1) is 12.1. The lowest BCUT2D eigenvalue weighted by Crippen LogP contribution is -2.12. The molecule has 0 radical (unpaired) electrons. The summed E-state index contributed by atoms with van der Waals surface area (Å²) in [5.74, 6) is 0.526. The van der Waals surface area contributed by atoms with Gasteiger partial charge in [0.1, 0.15) is 0 Å². The molecule has 1 amide bonds. The van der Waals surface area contributed by atoms with Gasteiger partial charge in [0, 0.05) is 33.1 Å². The molecule has 0 unspecified atom stereocenters. The lowest BCUT2D eigenvalue weighted by molar-refractivity contribution is 0.102. The number of hydrogen-bond acceptors (Lipinski definition) is 3. The number of benzene rings is 2. The molecule has 0 aliphatic heterocycles. The van der Waals surface area contributed by atoms with Crippen LogP contribution < -0.4 is 5.32 Å². The van der Waals surface area contributed by atoms with Crippen molar-refractivity contribution in [1.29, 1.82) is 0 Å². The predicted octanol–water partition coefficient (Wildman–Crippen LogP) is 5.90. The van der Waals surface area contributed by atoms with E-state index < -0.39 is 0 Å². The maximum atomic E-state index is 12.5. The molecule has 3 nitrogen and oxygen atoms in total. The Morgan fingerprint density at radius 1 is 1.20 bits per heavy atom. The van der Waals surface area contributed by atoms with Gasteiger partial charge in [-0.15, -0.1) is 11.3 Å². The van der Waals surface area contributed by atoms with Crippen molar-refractivity contribution in [3.05, 3.63) is 69.0 Å². The molecule has 1 fully saturated rings. The lowest BCUT2D eigenvalue weighted by Gasteiger charge is -2.09. The maximum Gasteiger partial charge on any atom is 0.255 e. The Hall–Kier alpha value is -2.17. The number of nitrogens with one attached hydrogen (secondary N) is 1. The second-order valence-electron chi connectivity index (χ2n) is 6.34. The summed E-state index contributed by atoms with van der Waals surface area (Å²) >= 11 is 7.73. The van der Waals surface area contributed by atoms with Crippen molar-refractivity contribution in [3.8, 4) is 11.3 Å². The number of thiazole rings is 1. The third-order valence-corrected chi connectivity index (χ3v) is 5.58. The number of carbonyl (C=O) groups is 1. The quantitative estimate of drug-likeness (QED) is 0.622. The molecule has 3 aromatic rings. The molecule has 1 aliphatic carbocycles.